The van der Waals surface area contributed by atoms with Gasteiger partial charge in [0.2, 0.25) is 0 Å². The van der Waals surface area contributed by atoms with Crippen LogP contribution in [0.15, 0.2) is 12.2 Å². The SMILES string of the molecule is CCCCCC1CCC(C2CCC(CC=CCF)CC2)CC1. The summed E-state index contributed by atoms with van der Waals surface area (Å²) in [7, 11) is 0. The molecule has 22 heavy (non-hydrogen) atoms. The molecule has 0 aromatic heterocycles. The molecule has 0 aliphatic heterocycles. The van der Waals surface area contributed by atoms with Crippen LogP contribution < -0.4 is 0 Å². The molecular weight excluding hydrogens is 271 g/mol. The van der Waals surface area contributed by atoms with E-state index in [1.165, 1.54) is 77.0 Å². The van der Waals surface area contributed by atoms with Crippen LogP contribution in [-0.2, 0) is 0 Å². The maximum atomic E-state index is 12.1. The van der Waals surface area contributed by atoms with Gasteiger partial charge in [0.05, 0.1) is 0 Å². The molecule has 0 radical (unpaired) electrons. The number of hydrogen-bond acceptors (Lipinski definition) is 0. The topological polar surface area (TPSA) is 0 Å². The van der Waals surface area contributed by atoms with Crippen LogP contribution in [0.2, 0.25) is 0 Å². The van der Waals surface area contributed by atoms with Crippen LogP contribution in [0, 0.1) is 23.7 Å². The van der Waals surface area contributed by atoms with Crippen LogP contribution in [0.4, 0.5) is 4.39 Å². The van der Waals surface area contributed by atoms with Gasteiger partial charge in [-0.2, -0.15) is 0 Å². The molecule has 2 aliphatic rings. The molecule has 0 amide bonds. The fraction of sp³-hybridized carbons (Fsp3) is 0.905. The first kappa shape index (κ1) is 18.0. The van der Waals surface area contributed by atoms with Gasteiger partial charge in [-0.3, -0.25) is 0 Å². The minimum absolute atomic E-state index is 0.295. The van der Waals surface area contributed by atoms with Crippen LogP contribution in [0.25, 0.3) is 0 Å². The van der Waals surface area contributed by atoms with E-state index in [4.69, 9.17) is 0 Å². The Bertz CT molecular complexity index is 293. The normalized spacial score (nSPS) is 33.4. The average Bonchev–Trinajstić information content (AvgIpc) is 2.57. The second-order valence-corrected chi connectivity index (χ2v) is 7.92. The molecule has 128 valence electrons. The van der Waals surface area contributed by atoms with Crippen molar-refractivity contribution in [3.05, 3.63) is 12.2 Å². The lowest BCUT2D eigenvalue weighted by Crippen LogP contribution is -2.25. The molecule has 0 heterocycles. The van der Waals surface area contributed by atoms with Crippen LogP contribution >= 0.6 is 0 Å². The highest BCUT2D eigenvalue weighted by molar-refractivity contribution is 4.87. The van der Waals surface area contributed by atoms with Crippen molar-refractivity contribution in [3.63, 3.8) is 0 Å². The fourth-order valence-electron chi connectivity index (χ4n) is 4.88. The van der Waals surface area contributed by atoms with Gasteiger partial charge in [-0.05, 0) is 68.6 Å². The Kier molecular flexibility index (Phi) is 8.55. The Hall–Kier alpha value is -0.330. The summed E-state index contributed by atoms with van der Waals surface area (Å²) in [5.74, 6) is 3.93. The summed E-state index contributed by atoms with van der Waals surface area (Å²) in [6.45, 7) is 2.01. The summed E-state index contributed by atoms with van der Waals surface area (Å²) in [5.41, 5.74) is 0. The Balaban J connectivity index is 1.61. The third kappa shape index (κ3) is 6.05. The molecule has 2 saturated carbocycles. The number of halogens is 1. The minimum Gasteiger partial charge on any atom is -0.247 e. The number of allylic oxidation sites excluding steroid dienone is 2. The van der Waals surface area contributed by atoms with Crippen molar-refractivity contribution in [2.24, 2.45) is 23.7 Å². The van der Waals surface area contributed by atoms with E-state index >= 15 is 0 Å². The first-order valence-electron chi connectivity index (χ1n) is 10.0. The molecular formula is C21H37F. The molecule has 0 aromatic rings. The summed E-state index contributed by atoms with van der Waals surface area (Å²) >= 11 is 0. The van der Waals surface area contributed by atoms with E-state index < -0.39 is 0 Å². The first-order valence-corrected chi connectivity index (χ1v) is 10.0. The third-order valence-electron chi connectivity index (χ3n) is 6.39. The first-order chi connectivity index (χ1) is 10.8. The molecule has 2 fully saturated rings. The Morgan fingerprint density at radius 1 is 0.773 bits per heavy atom. The molecule has 1 heteroatoms. The van der Waals surface area contributed by atoms with Gasteiger partial charge in [0, 0.05) is 0 Å². The summed E-state index contributed by atoms with van der Waals surface area (Å²) in [4.78, 5) is 0. The van der Waals surface area contributed by atoms with Crippen molar-refractivity contribution < 1.29 is 4.39 Å². The smallest absolute Gasteiger partial charge is 0.108 e. The summed E-state index contributed by atoms with van der Waals surface area (Å²) in [6, 6.07) is 0. The van der Waals surface area contributed by atoms with Crippen LogP contribution in [0.5, 0.6) is 0 Å². The molecule has 0 spiro atoms. The highest BCUT2D eigenvalue weighted by Crippen LogP contribution is 2.42. The average molecular weight is 309 g/mol. The Morgan fingerprint density at radius 2 is 1.36 bits per heavy atom. The Labute approximate surface area is 138 Å². The second-order valence-electron chi connectivity index (χ2n) is 7.92. The zero-order chi connectivity index (χ0) is 15.6. The largest absolute Gasteiger partial charge is 0.247 e. The molecule has 0 unspecified atom stereocenters. The predicted molar refractivity (Wildman–Crippen MR) is 94.8 cm³/mol. The molecule has 0 aromatic carbocycles. The Morgan fingerprint density at radius 3 is 1.91 bits per heavy atom. The highest BCUT2D eigenvalue weighted by atomic mass is 19.1. The molecule has 0 atom stereocenters. The van der Waals surface area contributed by atoms with Crippen molar-refractivity contribution in [2.75, 3.05) is 6.67 Å². The summed E-state index contributed by atoms with van der Waals surface area (Å²) in [5, 5.41) is 0. The molecule has 2 rings (SSSR count). The van der Waals surface area contributed by atoms with E-state index in [9.17, 15) is 4.39 Å². The van der Waals surface area contributed by atoms with Gasteiger partial charge in [-0.25, -0.2) is 4.39 Å². The van der Waals surface area contributed by atoms with Crippen molar-refractivity contribution in [1.82, 2.24) is 0 Å². The van der Waals surface area contributed by atoms with E-state index in [-0.39, 0.29) is 6.67 Å². The number of unbranched alkanes of at least 4 members (excludes halogenated alkanes) is 2. The maximum absolute atomic E-state index is 12.1. The molecule has 2 aliphatic carbocycles. The van der Waals surface area contributed by atoms with E-state index in [0.29, 0.717) is 0 Å². The van der Waals surface area contributed by atoms with E-state index in [2.05, 4.69) is 13.0 Å². The molecule has 0 N–H and O–H groups in total. The fourth-order valence-corrected chi connectivity index (χ4v) is 4.88. The van der Waals surface area contributed by atoms with Crippen molar-refractivity contribution in [3.8, 4) is 0 Å². The zero-order valence-corrected chi connectivity index (χ0v) is 14.7. The minimum atomic E-state index is -0.295. The number of rotatable bonds is 8. The number of hydrogen-bond donors (Lipinski definition) is 0. The van der Waals surface area contributed by atoms with Gasteiger partial charge in [-0.1, -0.05) is 57.6 Å². The van der Waals surface area contributed by atoms with Gasteiger partial charge in [-0.15, -0.1) is 0 Å². The zero-order valence-electron chi connectivity index (χ0n) is 14.7. The number of alkyl halides is 1. The van der Waals surface area contributed by atoms with Crippen LogP contribution in [-0.4, -0.2) is 6.67 Å². The summed E-state index contributed by atoms with van der Waals surface area (Å²) < 4.78 is 12.1. The van der Waals surface area contributed by atoms with Crippen LogP contribution in [0.1, 0.15) is 90.4 Å². The van der Waals surface area contributed by atoms with Gasteiger partial charge >= 0.3 is 0 Å². The van der Waals surface area contributed by atoms with Gasteiger partial charge in [0.1, 0.15) is 6.67 Å². The standard InChI is InChI=1S/C21H37F/c1-2-3-4-7-18-9-13-20(14-10-18)21-15-11-19(12-16-21)8-5-6-17-22/h5-6,18-21H,2-4,7-17H2,1H3. The van der Waals surface area contributed by atoms with Gasteiger partial charge in [0.15, 0.2) is 0 Å². The molecule has 0 bridgehead atoms. The summed E-state index contributed by atoms with van der Waals surface area (Å²) in [6.07, 6.45) is 22.3. The predicted octanol–water partition coefficient (Wildman–Crippen LogP) is 7.10. The van der Waals surface area contributed by atoms with Gasteiger partial charge < -0.3 is 0 Å². The van der Waals surface area contributed by atoms with E-state index in [0.717, 1.165) is 30.1 Å². The second kappa shape index (κ2) is 10.4. The maximum Gasteiger partial charge on any atom is 0.108 e. The monoisotopic (exact) mass is 308 g/mol. The van der Waals surface area contributed by atoms with Crippen molar-refractivity contribution in [1.29, 1.82) is 0 Å². The molecule has 0 nitrogen and oxygen atoms in total. The van der Waals surface area contributed by atoms with E-state index in [1.807, 2.05) is 0 Å². The van der Waals surface area contributed by atoms with Crippen molar-refractivity contribution in [2.45, 2.75) is 90.4 Å². The lowest BCUT2D eigenvalue weighted by Gasteiger charge is -2.37. The quantitative estimate of drug-likeness (QED) is 0.331. The lowest BCUT2D eigenvalue weighted by atomic mass is 9.68. The lowest BCUT2D eigenvalue weighted by molar-refractivity contribution is 0.143. The van der Waals surface area contributed by atoms with Gasteiger partial charge in [0.25, 0.3) is 0 Å². The molecule has 0 saturated heterocycles. The van der Waals surface area contributed by atoms with Crippen LogP contribution in [0.3, 0.4) is 0 Å². The highest BCUT2D eigenvalue weighted by Gasteiger charge is 2.30. The third-order valence-corrected chi connectivity index (χ3v) is 6.39. The van der Waals surface area contributed by atoms with Crippen molar-refractivity contribution >= 4 is 0 Å². The van der Waals surface area contributed by atoms with E-state index in [1.54, 1.807) is 6.08 Å².